The molecule has 1 heterocycles. The molecule has 4 nitrogen and oxygen atoms in total. The molecule has 0 radical (unpaired) electrons. The SMILES string of the molecule is CN1CCC(N(C)C(=O)C2CCC(CN)CC2)CC1. The lowest BCUT2D eigenvalue weighted by molar-refractivity contribution is -0.138. The molecular weight excluding hydrogens is 238 g/mol. The molecule has 19 heavy (non-hydrogen) atoms. The summed E-state index contributed by atoms with van der Waals surface area (Å²) in [5, 5.41) is 0. The zero-order chi connectivity index (χ0) is 13.8. The normalized spacial score (nSPS) is 30.3. The maximum Gasteiger partial charge on any atom is 0.225 e. The Hall–Kier alpha value is -0.610. The molecule has 0 bridgehead atoms. The number of rotatable bonds is 3. The van der Waals surface area contributed by atoms with Gasteiger partial charge in [-0.05, 0) is 71.1 Å². The van der Waals surface area contributed by atoms with Crippen molar-refractivity contribution in [3.8, 4) is 0 Å². The molecule has 0 spiro atoms. The van der Waals surface area contributed by atoms with Crippen LogP contribution in [0.2, 0.25) is 0 Å². The van der Waals surface area contributed by atoms with Gasteiger partial charge in [0.2, 0.25) is 5.91 Å². The van der Waals surface area contributed by atoms with Gasteiger partial charge in [0.05, 0.1) is 0 Å². The zero-order valence-corrected chi connectivity index (χ0v) is 12.5. The second-order valence-electron chi connectivity index (χ2n) is 6.44. The van der Waals surface area contributed by atoms with Crippen LogP contribution in [0.15, 0.2) is 0 Å². The first-order chi connectivity index (χ1) is 9.11. The molecule has 1 aliphatic heterocycles. The summed E-state index contributed by atoms with van der Waals surface area (Å²) in [6, 6.07) is 0.455. The fourth-order valence-corrected chi connectivity index (χ4v) is 3.50. The lowest BCUT2D eigenvalue weighted by Gasteiger charge is -2.38. The largest absolute Gasteiger partial charge is 0.342 e. The monoisotopic (exact) mass is 267 g/mol. The number of carbonyl (C=O) groups excluding carboxylic acids is 1. The molecule has 1 saturated carbocycles. The summed E-state index contributed by atoms with van der Waals surface area (Å²) in [7, 11) is 4.17. The van der Waals surface area contributed by atoms with Crippen molar-refractivity contribution in [1.29, 1.82) is 0 Å². The zero-order valence-electron chi connectivity index (χ0n) is 12.5. The topological polar surface area (TPSA) is 49.6 Å². The van der Waals surface area contributed by atoms with Gasteiger partial charge in [-0.3, -0.25) is 4.79 Å². The van der Waals surface area contributed by atoms with E-state index in [1.165, 1.54) is 0 Å². The Balaban J connectivity index is 1.82. The Morgan fingerprint density at radius 1 is 1.16 bits per heavy atom. The van der Waals surface area contributed by atoms with E-state index in [4.69, 9.17) is 5.73 Å². The number of nitrogens with two attached hydrogens (primary N) is 1. The van der Waals surface area contributed by atoms with Gasteiger partial charge in [0, 0.05) is 19.0 Å². The van der Waals surface area contributed by atoms with Gasteiger partial charge < -0.3 is 15.5 Å². The minimum atomic E-state index is 0.257. The number of amides is 1. The fraction of sp³-hybridized carbons (Fsp3) is 0.933. The van der Waals surface area contributed by atoms with Crippen molar-refractivity contribution in [2.75, 3.05) is 33.7 Å². The lowest BCUT2D eigenvalue weighted by atomic mass is 9.81. The van der Waals surface area contributed by atoms with Gasteiger partial charge in [-0.15, -0.1) is 0 Å². The second kappa shape index (κ2) is 6.71. The van der Waals surface area contributed by atoms with Crippen LogP contribution in [-0.2, 0) is 4.79 Å². The standard InChI is InChI=1S/C15H29N3O/c1-17-9-7-14(8-10-17)18(2)15(19)13-5-3-12(11-16)4-6-13/h12-14H,3-11,16H2,1-2H3. The number of nitrogens with zero attached hydrogens (tertiary/aromatic N) is 2. The van der Waals surface area contributed by atoms with Gasteiger partial charge in [0.1, 0.15) is 0 Å². The maximum atomic E-state index is 12.6. The third-order valence-corrected chi connectivity index (χ3v) is 5.11. The summed E-state index contributed by atoms with van der Waals surface area (Å²) in [5.74, 6) is 1.29. The van der Waals surface area contributed by atoms with Crippen LogP contribution >= 0.6 is 0 Å². The molecule has 2 aliphatic rings. The molecule has 2 rings (SSSR count). The van der Waals surface area contributed by atoms with Gasteiger partial charge in [-0.25, -0.2) is 0 Å². The smallest absolute Gasteiger partial charge is 0.225 e. The average Bonchev–Trinajstić information content (AvgIpc) is 2.46. The van der Waals surface area contributed by atoms with Gasteiger partial charge in [0.15, 0.2) is 0 Å². The van der Waals surface area contributed by atoms with Crippen LogP contribution in [0.1, 0.15) is 38.5 Å². The molecule has 0 unspecified atom stereocenters. The predicted octanol–water partition coefficient (Wildman–Crippen LogP) is 1.30. The summed E-state index contributed by atoms with van der Waals surface area (Å²) in [6.07, 6.45) is 6.59. The van der Waals surface area contributed by atoms with E-state index in [-0.39, 0.29) is 5.92 Å². The second-order valence-corrected chi connectivity index (χ2v) is 6.44. The summed E-state index contributed by atoms with van der Waals surface area (Å²) in [4.78, 5) is 16.9. The Morgan fingerprint density at radius 3 is 2.26 bits per heavy atom. The Kier molecular flexibility index (Phi) is 5.22. The fourth-order valence-electron chi connectivity index (χ4n) is 3.50. The Bertz CT molecular complexity index is 292. The van der Waals surface area contributed by atoms with Crippen LogP contribution in [0.3, 0.4) is 0 Å². The molecule has 0 aromatic heterocycles. The Labute approximate surface area is 117 Å². The quantitative estimate of drug-likeness (QED) is 0.838. The molecular formula is C15H29N3O. The molecule has 0 aromatic rings. The summed E-state index contributed by atoms with van der Waals surface area (Å²) >= 11 is 0. The molecule has 1 saturated heterocycles. The first-order valence-corrected chi connectivity index (χ1v) is 7.77. The van der Waals surface area contributed by atoms with Gasteiger partial charge in [-0.1, -0.05) is 0 Å². The van der Waals surface area contributed by atoms with E-state index >= 15 is 0 Å². The average molecular weight is 267 g/mol. The summed E-state index contributed by atoms with van der Waals surface area (Å²) < 4.78 is 0. The highest BCUT2D eigenvalue weighted by molar-refractivity contribution is 5.79. The number of hydrogen-bond acceptors (Lipinski definition) is 3. The Morgan fingerprint density at radius 2 is 1.74 bits per heavy atom. The molecule has 4 heteroatoms. The minimum absolute atomic E-state index is 0.257. The first kappa shape index (κ1) is 14.8. The van der Waals surface area contributed by atoms with Gasteiger partial charge in [0.25, 0.3) is 0 Å². The van der Waals surface area contributed by atoms with Crippen molar-refractivity contribution in [3.05, 3.63) is 0 Å². The van der Waals surface area contributed by atoms with E-state index in [1.807, 2.05) is 11.9 Å². The molecule has 2 fully saturated rings. The highest BCUT2D eigenvalue weighted by Gasteiger charge is 2.31. The van der Waals surface area contributed by atoms with Crippen LogP contribution in [0.25, 0.3) is 0 Å². The highest BCUT2D eigenvalue weighted by Crippen LogP contribution is 2.30. The van der Waals surface area contributed by atoms with Gasteiger partial charge in [-0.2, -0.15) is 0 Å². The number of carbonyl (C=O) groups is 1. The number of hydrogen-bond donors (Lipinski definition) is 1. The molecule has 0 aromatic carbocycles. The first-order valence-electron chi connectivity index (χ1n) is 7.77. The number of likely N-dealkylation sites (tertiary alicyclic amines) is 1. The van der Waals surface area contributed by atoms with Crippen LogP contribution in [0.5, 0.6) is 0 Å². The third kappa shape index (κ3) is 3.69. The lowest BCUT2D eigenvalue weighted by Crippen LogP contribution is -2.47. The van der Waals surface area contributed by atoms with Gasteiger partial charge >= 0.3 is 0 Å². The molecule has 1 aliphatic carbocycles. The van der Waals surface area contributed by atoms with E-state index in [0.29, 0.717) is 17.9 Å². The van der Waals surface area contributed by atoms with Crippen molar-refractivity contribution in [2.24, 2.45) is 17.6 Å². The minimum Gasteiger partial charge on any atom is -0.342 e. The molecule has 110 valence electrons. The highest BCUT2D eigenvalue weighted by atomic mass is 16.2. The van der Waals surface area contributed by atoms with E-state index in [0.717, 1.165) is 58.2 Å². The summed E-state index contributed by atoms with van der Waals surface area (Å²) in [5.41, 5.74) is 5.71. The molecule has 0 atom stereocenters. The van der Waals surface area contributed by atoms with Crippen molar-refractivity contribution >= 4 is 5.91 Å². The maximum absolute atomic E-state index is 12.6. The van der Waals surface area contributed by atoms with E-state index in [2.05, 4.69) is 11.9 Å². The van der Waals surface area contributed by atoms with Crippen molar-refractivity contribution in [1.82, 2.24) is 9.80 Å². The molecule has 1 amide bonds. The van der Waals surface area contributed by atoms with Crippen LogP contribution in [0.4, 0.5) is 0 Å². The van der Waals surface area contributed by atoms with Crippen molar-refractivity contribution < 1.29 is 4.79 Å². The van der Waals surface area contributed by atoms with Crippen LogP contribution in [-0.4, -0.2) is 55.5 Å². The van der Waals surface area contributed by atoms with E-state index in [9.17, 15) is 4.79 Å². The van der Waals surface area contributed by atoms with E-state index < -0.39 is 0 Å². The van der Waals surface area contributed by atoms with Crippen molar-refractivity contribution in [2.45, 2.75) is 44.6 Å². The summed E-state index contributed by atoms with van der Waals surface area (Å²) in [6.45, 7) is 3.01. The molecule has 2 N–H and O–H groups in total. The van der Waals surface area contributed by atoms with Crippen LogP contribution in [0, 0.1) is 11.8 Å². The van der Waals surface area contributed by atoms with Crippen molar-refractivity contribution in [3.63, 3.8) is 0 Å². The van der Waals surface area contributed by atoms with E-state index in [1.54, 1.807) is 0 Å². The number of piperidine rings is 1. The predicted molar refractivity (Wildman–Crippen MR) is 77.8 cm³/mol. The third-order valence-electron chi connectivity index (χ3n) is 5.11. The van der Waals surface area contributed by atoms with Crippen LogP contribution < -0.4 is 5.73 Å².